The van der Waals surface area contributed by atoms with Crippen molar-refractivity contribution >= 4 is 24.0 Å². The molecule has 1 aromatic rings. The number of hydrogen-bond acceptors (Lipinski definition) is 2. The summed E-state index contributed by atoms with van der Waals surface area (Å²) < 4.78 is 14.0. The van der Waals surface area contributed by atoms with Crippen molar-refractivity contribution in [3.63, 3.8) is 0 Å². The fraction of sp³-hybridized carbons (Fsp3) is 0.571. The summed E-state index contributed by atoms with van der Waals surface area (Å²) in [6.45, 7) is 3.43. The Morgan fingerprint density at radius 2 is 2.16 bits per heavy atom. The SMILES string of the molecule is CC(c1cccc(Cl)c1F)N(CCN)C1CCC1.Cl. The largest absolute Gasteiger partial charge is 0.329 e. The molecule has 0 bridgehead atoms. The van der Waals surface area contributed by atoms with Crippen molar-refractivity contribution in [3.8, 4) is 0 Å². The maximum Gasteiger partial charge on any atom is 0.146 e. The molecule has 19 heavy (non-hydrogen) atoms. The second kappa shape index (κ2) is 7.44. The van der Waals surface area contributed by atoms with E-state index >= 15 is 0 Å². The number of nitrogens with zero attached hydrogens (tertiary/aromatic N) is 1. The summed E-state index contributed by atoms with van der Waals surface area (Å²) >= 11 is 5.85. The van der Waals surface area contributed by atoms with Crippen LogP contribution in [0.1, 0.15) is 37.8 Å². The molecule has 108 valence electrons. The Labute approximate surface area is 125 Å². The molecular weight excluding hydrogens is 286 g/mol. The first-order valence-corrected chi connectivity index (χ1v) is 6.92. The zero-order valence-electron chi connectivity index (χ0n) is 11.1. The Morgan fingerprint density at radius 1 is 1.47 bits per heavy atom. The van der Waals surface area contributed by atoms with Crippen molar-refractivity contribution in [1.82, 2.24) is 4.90 Å². The van der Waals surface area contributed by atoms with Crippen molar-refractivity contribution in [2.45, 2.75) is 38.3 Å². The normalized spacial score (nSPS) is 16.9. The van der Waals surface area contributed by atoms with Gasteiger partial charge in [0.15, 0.2) is 0 Å². The summed E-state index contributed by atoms with van der Waals surface area (Å²) in [5.41, 5.74) is 6.34. The fourth-order valence-corrected chi connectivity index (χ4v) is 2.76. The van der Waals surface area contributed by atoms with Crippen molar-refractivity contribution in [1.29, 1.82) is 0 Å². The van der Waals surface area contributed by atoms with Crippen molar-refractivity contribution in [3.05, 3.63) is 34.6 Å². The Bertz CT molecular complexity index is 410. The summed E-state index contributed by atoms with van der Waals surface area (Å²) in [6, 6.07) is 5.77. The average Bonchev–Trinajstić information content (AvgIpc) is 2.29. The molecular formula is C14H21Cl2FN2. The molecule has 5 heteroatoms. The highest BCUT2D eigenvalue weighted by Crippen LogP contribution is 2.33. The number of benzene rings is 1. The van der Waals surface area contributed by atoms with Crippen LogP contribution in [0.15, 0.2) is 18.2 Å². The summed E-state index contributed by atoms with van der Waals surface area (Å²) in [7, 11) is 0. The quantitative estimate of drug-likeness (QED) is 0.897. The number of halogens is 3. The first-order chi connectivity index (χ1) is 8.65. The molecule has 2 rings (SSSR count). The van der Waals surface area contributed by atoms with Gasteiger partial charge >= 0.3 is 0 Å². The molecule has 1 aliphatic carbocycles. The second-order valence-electron chi connectivity index (χ2n) is 4.93. The van der Waals surface area contributed by atoms with Gasteiger partial charge in [-0.1, -0.05) is 30.2 Å². The molecule has 1 aromatic carbocycles. The zero-order chi connectivity index (χ0) is 13.1. The third kappa shape index (κ3) is 3.60. The average molecular weight is 307 g/mol. The molecule has 1 saturated carbocycles. The second-order valence-corrected chi connectivity index (χ2v) is 5.34. The first kappa shape index (κ1) is 16.7. The predicted octanol–water partition coefficient (Wildman–Crippen LogP) is 3.78. The van der Waals surface area contributed by atoms with Gasteiger partial charge in [-0.3, -0.25) is 4.90 Å². The molecule has 1 fully saturated rings. The summed E-state index contributed by atoms with van der Waals surface area (Å²) in [6.07, 6.45) is 3.63. The Morgan fingerprint density at radius 3 is 2.68 bits per heavy atom. The number of rotatable bonds is 5. The third-order valence-electron chi connectivity index (χ3n) is 3.86. The smallest absolute Gasteiger partial charge is 0.146 e. The lowest BCUT2D eigenvalue weighted by molar-refractivity contribution is 0.0885. The molecule has 1 unspecified atom stereocenters. The van der Waals surface area contributed by atoms with Crippen LogP contribution in [0.2, 0.25) is 5.02 Å². The fourth-order valence-electron chi connectivity index (χ4n) is 2.58. The van der Waals surface area contributed by atoms with Crippen LogP contribution in [0.3, 0.4) is 0 Å². The van der Waals surface area contributed by atoms with Gasteiger partial charge in [-0.2, -0.15) is 0 Å². The van der Waals surface area contributed by atoms with Crippen LogP contribution in [-0.2, 0) is 0 Å². The van der Waals surface area contributed by atoms with Crippen molar-refractivity contribution < 1.29 is 4.39 Å². The minimum Gasteiger partial charge on any atom is -0.329 e. The van der Waals surface area contributed by atoms with E-state index in [2.05, 4.69) is 4.90 Å². The van der Waals surface area contributed by atoms with E-state index in [1.807, 2.05) is 13.0 Å². The minimum atomic E-state index is -0.298. The summed E-state index contributed by atoms with van der Waals surface area (Å²) in [4.78, 5) is 2.30. The predicted molar refractivity (Wildman–Crippen MR) is 80.5 cm³/mol. The van der Waals surface area contributed by atoms with E-state index in [4.69, 9.17) is 17.3 Å². The van der Waals surface area contributed by atoms with Crippen molar-refractivity contribution in [2.75, 3.05) is 13.1 Å². The topological polar surface area (TPSA) is 29.3 Å². The summed E-state index contributed by atoms with van der Waals surface area (Å²) in [5, 5.41) is 0.195. The third-order valence-corrected chi connectivity index (χ3v) is 4.15. The van der Waals surface area contributed by atoms with Gasteiger partial charge in [0.1, 0.15) is 5.82 Å². The summed E-state index contributed by atoms with van der Waals surface area (Å²) in [5.74, 6) is -0.298. The van der Waals surface area contributed by atoms with E-state index in [9.17, 15) is 4.39 Å². The molecule has 0 amide bonds. The van der Waals surface area contributed by atoms with Gasteiger partial charge in [-0.25, -0.2) is 4.39 Å². The van der Waals surface area contributed by atoms with Crippen LogP contribution in [0.25, 0.3) is 0 Å². The first-order valence-electron chi connectivity index (χ1n) is 6.55. The molecule has 0 radical (unpaired) electrons. The highest BCUT2D eigenvalue weighted by Gasteiger charge is 2.29. The highest BCUT2D eigenvalue weighted by atomic mass is 35.5. The maximum atomic E-state index is 14.0. The number of nitrogens with two attached hydrogens (primary N) is 1. The molecule has 0 saturated heterocycles. The number of hydrogen-bond donors (Lipinski definition) is 1. The Hall–Kier alpha value is -0.350. The molecule has 0 spiro atoms. The van der Waals surface area contributed by atoms with Gasteiger partial charge in [-0.05, 0) is 25.8 Å². The monoisotopic (exact) mass is 306 g/mol. The van der Waals surface area contributed by atoms with Crippen LogP contribution in [0, 0.1) is 5.82 Å². The maximum absolute atomic E-state index is 14.0. The van der Waals surface area contributed by atoms with Gasteiger partial charge < -0.3 is 5.73 Å². The van der Waals surface area contributed by atoms with E-state index in [0.29, 0.717) is 18.2 Å². The lowest BCUT2D eigenvalue weighted by Gasteiger charge is -2.41. The zero-order valence-corrected chi connectivity index (χ0v) is 12.7. The molecule has 2 nitrogen and oxygen atoms in total. The van der Waals surface area contributed by atoms with E-state index in [-0.39, 0.29) is 29.3 Å². The molecule has 2 N–H and O–H groups in total. The van der Waals surface area contributed by atoms with E-state index in [1.165, 1.54) is 19.3 Å². The van der Waals surface area contributed by atoms with Crippen LogP contribution in [-0.4, -0.2) is 24.0 Å². The standard InChI is InChI=1S/C14H20ClFN2.ClH/c1-10(12-6-3-7-13(15)14(12)16)18(9-8-17)11-4-2-5-11;/h3,6-7,10-11H,2,4-5,8-9,17H2,1H3;1H. The van der Waals surface area contributed by atoms with E-state index in [1.54, 1.807) is 12.1 Å². The van der Waals surface area contributed by atoms with Crippen molar-refractivity contribution in [2.24, 2.45) is 5.73 Å². The van der Waals surface area contributed by atoms with Gasteiger partial charge in [0.2, 0.25) is 0 Å². The van der Waals surface area contributed by atoms with E-state index < -0.39 is 0 Å². The molecule has 0 heterocycles. The van der Waals surface area contributed by atoms with Crippen LogP contribution in [0.5, 0.6) is 0 Å². The highest BCUT2D eigenvalue weighted by molar-refractivity contribution is 6.30. The minimum absolute atomic E-state index is 0. The van der Waals surface area contributed by atoms with Crippen LogP contribution < -0.4 is 5.73 Å². The molecule has 1 aliphatic rings. The van der Waals surface area contributed by atoms with Gasteiger partial charge in [-0.15, -0.1) is 12.4 Å². The molecule has 0 aromatic heterocycles. The molecule has 0 aliphatic heterocycles. The van der Waals surface area contributed by atoms with Crippen LogP contribution in [0.4, 0.5) is 4.39 Å². The molecule has 1 atom stereocenters. The van der Waals surface area contributed by atoms with Gasteiger partial charge in [0.05, 0.1) is 5.02 Å². The van der Waals surface area contributed by atoms with E-state index in [0.717, 1.165) is 6.54 Å². The lowest BCUT2D eigenvalue weighted by Crippen LogP contribution is -2.44. The Balaban J connectivity index is 0.00000180. The van der Waals surface area contributed by atoms with Gasteiger partial charge in [0, 0.05) is 30.7 Å². The lowest BCUT2D eigenvalue weighted by atomic mass is 9.89. The Kier molecular flexibility index (Phi) is 6.54. The van der Waals surface area contributed by atoms with Crippen LogP contribution >= 0.6 is 24.0 Å². The van der Waals surface area contributed by atoms with Gasteiger partial charge in [0.25, 0.3) is 0 Å².